The molecule has 0 fully saturated rings. The Labute approximate surface area is 132 Å². The molecule has 0 radical (unpaired) electrons. The summed E-state index contributed by atoms with van der Waals surface area (Å²) in [4.78, 5) is 14.8. The fourth-order valence-corrected chi connectivity index (χ4v) is 3.13. The van der Waals surface area contributed by atoms with Crippen LogP contribution < -0.4 is 4.90 Å². The van der Waals surface area contributed by atoms with Gasteiger partial charge >= 0.3 is 0 Å². The molecule has 1 aliphatic heterocycles. The van der Waals surface area contributed by atoms with Gasteiger partial charge in [0.05, 0.1) is 0 Å². The van der Waals surface area contributed by atoms with E-state index in [2.05, 4.69) is 45.9 Å². The van der Waals surface area contributed by atoms with E-state index in [0.717, 1.165) is 17.7 Å². The van der Waals surface area contributed by atoms with Gasteiger partial charge < -0.3 is 4.90 Å². The fourth-order valence-electron chi connectivity index (χ4n) is 3.13. The second kappa shape index (κ2) is 5.28. The van der Waals surface area contributed by atoms with Gasteiger partial charge in [0.25, 0.3) is 5.91 Å². The average Bonchev–Trinajstić information content (AvgIpc) is 2.81. The first kappa shape index (κ1) is 14.8. The van der Waals surface area contributed by atoms with Crippen molar-refractivity contribution in [2.45, 2.75) is 45.6 Å². The van der Waals surface area contributed by atoms with E-state index < -0.39 is 0 Å². The number of rotatable bonds is 1. The summed E-state index contributed by atoms with van der Waals surface area (Å²) < 4.78 is 0. The van der Waals surface area contributed by atoms with Crippen molar-refractivity contribution in [3.8, 4) is 0 Å². The number of benzene rings is 2. The molecule has 22 heavy (non-hydrogen) atoms. The van der Waals surface area contributed by atoms with Crippen molar-refractivity contribution >= 4 is 11.6 Å². The fraction of sp³-hybridized carbons (Fsp3) is 0.350. The van der Waals surface area contributed by atoms with E-state index in [4.69, 9.17) is 0 Å². The van der Waals surface area contributed by atoms with E-state index in [1.54, 1.807) is 0 Å². The zero-order chi connectivity index (χ0) is 15.9. The average molecular weight is 293 g/mol. The first-order valence-corrected chi connectivity index (χ1v) is 7.90. The van der Waals surface area contributed by atoms with E-state index in [9.17, 15) is 4.79 Å². The van der Waals surface area contributed by atoms with Crippen LogP contribution in [0.4, 0.5) is 5.69 Å². The van der Waals surface area contributed by atoms with Crippen molar-refractivity contribution in [3.63, 3.8) is 0 Å². The molecule has 0 bridgehead atoms. The Balaban J connectivity index is 1.91. The smallest absolute Gasteiger partial charge is 0.258 e. The van der Waals surface area contributed by atoms with Crippen LogP contribution in [-0.4, -0.2) is 11.9 Å². The summed E-state index contributed by atoms with van der Waals surface area (Å²) in [6.45, 7) is 8.66. The Bertz CT molecular complexity index is 694. The molecule has 0 spiro atoms. The molecule has 0 saturated heterocycles. The van der Waals surface area contributed by atoms with Gasteiger partial charge in [-0.3, -0.25) is 4.79 Å². The first-order chi connectivity index (χ1) is 10.4. The first-order valence-electron chi connectivity index (χ1n) is 7.90. The molecule has 1 amide bonds. The van der Waals surface area contributed by atoms with Crippen LogP contribution >= 0.6 is 0 Å². The summed E-state index contributed by atoms with van der Waals surface area (Å²) in [7, 11) is 0. The monoisotopic (exact) mass is 293 g/mol. The van der Waals surface area contributed by atoms with Gasteiger partial charge in [0.1, 0.15) is 0 Å². The highest BCUT2D eigenvalue weighted by Crippen LogP contribution is 2.33. The van der Waals surface area contributed by atoms with Gasteiger partial charge in [0.15, 0.2) is 0 Å². The zero-order valence-electron chi connectivity index (χ0n) is 13.8. The topological polar surface area (TPSA) is 20.3 Å². The summed E-state index contributed by atoms with van der Waals surface area (Å²) >= 11 is 0. The van der Waals surface area contributed by atoms with Crippen molar-refractivity contribution in [1.29, 1.82) is 0 Å². The molecular weight excluding hydrogens is 270 g/mol. The Morgan fingerprint density at radius 3 is 2.32 bits per heavy atom. The summed E-state index contributed by atoms with van der Waals surface area (Å²) in [6, 6.07) is 16.5. The molecule has 2 nitrogen and oxygen atoms in total. The van der Waals surface area contributed by atoms with Crippen LogP contribution in [0.15, 0.2) is 48.5 Å². The summed E-state index contributed by atoms with van der Waals surface area (Å²) in [5, 5.41) is 0. The van der Waals surface area contributed by atoms with Gasteiger partial charge in [-0.2, -0.15) is 0 Å². The predicted octanol–water partition coefficient (Wildman–Crippen LogP) is 4.58. The Morgan fingerprint density at radius 2 is 1.68 bits per heavy atom. The van der Waals surface area contributed by atoms with Crippen molar-refractivity contribution < 1.29 is 4.79 Å². The van der Waals surface area contributed by atoms with Crippen molar-refractivity contribution in [3.05, 3.63) is 65.2 Å². The second-order valence-electron chi connectivity index (χ2n) is 7.18. The minimum atomic E-state index is 0.0953. The molecule has 1 heterocycles. The normalized spacial score (nSPS) is 17.5. The highest BCUT2D eigenvalue weighted by atomic mass is 16.2. The lowest BCUT2D eigenvalue weighted by molar-refractivity contribution is 0.0981. The van der Waals surface area contributed by atoms with E-state index in [-0.39, 0.29) is 17.4 Å². The van der Waals surface area contributed by atoms with Crippen molar-refractivity contribution in [1.82, 2.24) is 0 Å². The molecule has 0 aliphatic carbocycles. The Morgan fingerprint density at radius 1 is 1.05 bits per heavy atom. The lowest BCUT2D eigenvalue weighted by Crippen LogP contribution is -2.35. The van der Waals surface area contributed by atoms with E-state index in [1.807, 2.05) is 35.2 Å². The van der Waals surface area contributed by atoms with Crippen LogP contribution in [0.3, 0.4) is 0 Å². The van der Waals surface area contributed by atoms with E-state index in [1.165, 1.54) is 11.1 Å². The lowest BCUT2D eigenvalue weighted by Gasteiger charge is -2.24. The number of carbonyl (C=O) groups excluding carboxylic acids is 1. The highest BCUT2D eigenvalue weighted by Gasteiger charge is 2.31. The van der Waals surface area contributed by atoms with E-state index >= 15 is 0 Å². The van der Waals surface area contributed by atoms with Gasteiger partial charge in [0, 0.05) is 17.3 Å². The van der Waals surface area contributed by atoms with E-state index in [0.29, 0.717) is 0 Å². The van der Waals surface area contributed by atoms with Crippen LogP contribution in [0.1, 0.15) is 49.2 Å². The molecule has 0 N–H and O–H groups in total. The third-order valence-electron chi connectivity index (χ3n) is 4.42. The van der Waals surface area contributed by atoms with Gasteiger partial charge in [-0.15, -0.1) is 0 Å². The molecule has 2 aromatic carbocycles. The molecule has 1 atom stereocenters. The van der Waals surface area contributed by atoms with Gasteiger partial charge in [-0.25, -0.2) is 0 Å². The third-order valence-corrected chi connectivity index (χ3v) is 4.42. The Hall–Kier alpha value is -2.09. The van der Waals surface area contributed by atoms with Crippen LogP contribution in [0.25, 0.3) is 0 Å². The summed E-state index contributed by atoms with van der Waals surface area (Å²) in [6.07, 6.45) is 0.933. The maximum absolute atomic E-state index is 12.9. The van der Waals surface area contributed by atoms with Gasteiger partial charge in [-0.1, -0.05) is 51.1 Å². The summed E-state index contributed by atoms with van der Waals surface area (Å²) in [5.74, 6) is 0.0953. The number of amides is 1. The quantitative estimate of drug-likeness (QED) is 0.754. The highest BCUT2D eigenvalue weighted by molar-refractivity contribution is 6.07. The number of fused-ring (bicyclic) bond motifs is 1. The lowest BCUT2D eigenvalue weighted by atomic mass is 9.86. The Kier molecular flexibility index (Phi) is 3.56. The number of hydrogen-bond donors (Lipinski definition) is 0. The van der Waals surface area contributed by atoms with Crippen molar-refractivity contribution in [2.24, 2.45) is 0 Å². The van der Waals surface area contributed by atoms with Crippen LogP contribution in [0.5, 0.6) is 0 Å². The largest absolute Gasteiger partial charge is 0.305 e. The summed E-state index contributed by atoms with van der Waals surface area (Å²) in [5.41, 5.74) is 4.43. The zero-order valence-corrected chi connectivity index (χ0v) is 13.8. The SMILES string of the molecule is CC1Cc2ccccc2N1C(=O)c1ccc(C(C)(C)C)cc1. The molecule has 0 saturated carbocycles. The number of anilines is 1. The number of hydrogen-bond acceptors (Lipinski definition) is 1. The molecule has 2 heteroatoms. The van der Waals surface area contributed by atoms with Crippen LogP contribution in [0.2, 0.25) is 0 Å². The van der Waals surface area contributed by atoms with Crippen LogP contribution in [-0.2, 0) is 11.8 Å². The van der Waals surface area contributed by atoms with Crippen molar-refractivity contribution in [2.75, 3.05) is 4.90 Å². The molecule has 1 aliphatic rings. The molecule has 114 valence electrons. The molecule has 1 unspecified atom stereocenters. The van der Waals surface area contributed by atoms with Gasteiger partial charge in [0.2, 0.25) is 0 Å². The maximum atomic E-state index is 12.9. The van der Waals surface area contributed by atoms with Gasteiger partial charge in [-0.05, 0) is 48.1 Å². The minimum absolute atomic E-state index is 0.0953. The standard InChI is InChI=1S/C20H23NO/c1-14-13-16-7-5-6-8-18(16)21(14)19(22)15-9-11-17(12-10-15)20(2,3)4/h5-12,14H,13H2,1-4H3. The van der Waals surface area contributed by atoms with Crippen LogP contribution in [0, 0.1) is 0 Å². The second-order valence-corrected chi connectivity index (χ2v) is 7.18. The molecule has 2 aromatic rings. The number of nitrogens with zero attached hydrogens (tertiary/aromatic N) is 1. The molecule has 0 aromatic heterocycles. The number of carbonyl (C=O) groups is 1. The third kappa shape index (κ3) is 2.54. The number of para-hydroxylation sites is 1. The predicted molar refractivity (Wildman–Crippen MR) is 91.6 cm³/mol. The minimum Gasteiger partial charge on any atom is -0.305 e. The molecular formula is C20H23NO. The molecule has 3 rings (SSSR count). The maximum Gasteiger partial charge on any atom is 0.258 e.